The van der Waals surface area contributed by atoms with Crippen molar-refractivity contribution in [2.24, 2.45) is 0 Å². The van der Waals surface area contributed by atoms with Gasteiger partial charge in [-0.1, -0.05) is 35.5 Å². The third-order valence-electron chi connectivity index (χ3n) is 4.74. The molecule has 1 aliphatic heterocycles. The summed E-state index contributed by atoms with van der Waals surface area (Å²) in [4.78, 5) is 25.4. The van der Waals surface area contributed by atoms with Crippen LogP contribution in [-0.4, -0.2) is 39.9 Å². The van der Waals surface area contributed by atoms with Crippen LogP contribution in [0.3, 0.4) is 0 Å². The van der Waals surface area contributed by atoms with Gasteiger partial charge in [-0.25, -0.2) is 0 Å². The minimum Gasteiger partial charge on any atom is -0.411 e. The molecule has 11 heteroatoms. The molecular weight excluding hydrogens is 442 g/mol. The minimum absolute atomic E-state index is 0.0290. The lowest BCUT2D eigenvalue weighted by Gasteiger charge is -2.21. The molecule has 9 nitrogen and oxygen atoms in total. The molecule has 2 heterocycles. The van der Waals surface area contributed by atoms with Crippen LogP contribution in [-0.2, 0) is 4.79 Å². The monoisotopic (exact) mass is 459 g/mol. The zero-order chi connectivity index (χ0) is 21.8. The summed E-state index contributed by atoms with van der Waals surface area (Å²) in [5, 5.41) is 22.5. The number of aromatic nitrogens is 2. The number of para-hydroxylation sites is 1. The van der Waals surface area contributed by atoms with Gasteiger partial charge in [-0.15, -0.1) is 10.2 Å². The van der Waals surface area contributed by atoms with Crippen molar-refractivity contribution in [3.8, 4) is 11.5 Å². The number of benzene rings is 2. The van der Waals surface area contributed by atoms with Gasteiger partial charge in [0.2, 0.25) is 5.91 Å². The molecule has 0 spiro atoms. The number of halogens is 1. The Hall–Kier alpha value is -3.11. The third-order valence-corrected chi connectivity index (χ3v) is 5.80. The summed E-state index contributed by atoms with van der Waals surface area (Å²) >= 11 is 7.17. The van der Waals surface area contributed by atoms with Crippen LogP contribution in [0.5, 0.6) is 0 Å². The smallest absolute Gasteiger partial charge is 0.282 e. The van der Waals surface area contributed by atoms with E-state index in [9.17, 15) is 14.9 Å². The van der Waals surface area contributed by atoms with Crippen LogP contribution < -0.4 is 10.2 Å². The van der Waals surface area contributed by atoms with Crippen LogP contribution in [0.2, 0.25) is 5.02 Å². The molecule has 3 aromatic rings. The Bertz CT molecular complexity index is 1120. The molecule has 0 atom stereocenters. The number of nitro benzene ring substituents is 1. The fourth-order valence-electron chi connectivity index (χ4n) is 3.35. The van der Waals surface area contributed by atoms with E-state index in [1.807, 2.05) is 12.1 Å². The van der Waals surface area contributed by atoms with Crippen molar-refractivity contribution >= 4 is 46.3 Å². The van der Waals surface area contributed by atoms with Crippen molar-refractivity contribution in [1.29, 1.82) is 0 Å². The van der Waals surface area contributed by atoms with Crippen molar-refractivity contribution in [2.45, 2.75) is 18.1 Å². The fourth-order valence-corrected chi connectivity index (χ4v) is 4.08. The van der Waals surface area contributed by atoms with Crippen molar-refractivity contribution in [3.63, 3.8) is 0 Å². The lowest BCUT2D eigenvalue weighted by Crippen LogP contribution is -2.21. The van der Waals surface area contributed by atoms with Crippen LogP contribution in [0.25, 0.3) is 11.5 Å². The lowest BCUT2D eigenvalue weighted by molar-refractivity contribution is -0.384. The van der Waals surface area contributed by atoms with E-state index in [4.69, 9.17) is 16.0 Å². The standard InChI is InChI=1S/C20H18ClN5O4S/c21-13-7-8-17(25-9-3-4-10-25)15(11-13)22-18(27)12-31-20-24-23-19(30-20)14-5-1-2-6-16(14)26(28)29/h1-2,5-8,11H,3-4,9-10,12H2,(H,22,27). The maximum absolute atomic E-state index is 12.5. The molecule has 1 N–H and O–H groups in total. The molecule has 1 amide bonds. The summed E-state index contributed by atoms with van der Waals surface area (Å²) in [6, 6.07) is 11.6. The zero-order valence-corrected chi connectivity index (χ0v) is 17.9. The highest BCUT2D eigenvalue weighted by atomic mass is 35.5. The Morgan fingerprint density at radius 3 is 2.77 bits per heavy atom. The number of carbonyl (C=O) groups excluding carboxylic acids is 1. The summed E-state index contributed by atoms with van der Waals surface area (Å²) in [5.41, 5.74) is 1.70. The third kappa shape index (κ3) is 4.97. The summed E-state index contributed by atoms with van der Waals surface area (Å²) in [5.74, 6) is -0.190. The van der Waals surface area contributed by atoms with Gasteiger partial charge in [0.25, 0.3) is 16.8 Å². The van der Waals surface area contributed by atoms with E-state index in [1.165, 1.54) is 12.1 Å². The number of nitrogens with zero attached hydrogens (tertiary/aromatic N) is 4. The molecule has 1 aliphatic rings. The van der Waals surface area contributed by atoms with Crippen molar-refractivity contribution in [3.05, 3.63) is 57.6 Å². The maximum atomic E-state index is 12.5. The number of amides is 1. The molecule has 0 aliphatic carbocycles. The van der Waals surface area contributed by atoms with Crippen LogP contribution >= 0.6 is 23.4 Å². The summed E-state index contributed by atoms with van der Waals surface area (Å²) in [6.07, 6.45) is 2.23. The Morgan fingerprint density at radius 2 is 2.00 bits per heavy atom. The highest BCUT2D eigenvalue weighted by molar-refractivity contribution is 7.99. The van der Waals surface area contributed by atoms with Crippen LogP contribution in [0.1, 0.15) is 12.8 Å². The maximum Gasteiger partial charge on any atom is 0.282 e. The van der Waals surface area contributed by atoms with Gasteiger partial charge in [-0.3, -0.25) is 14.9 Å². The van der Waals surface area contributed by atoms with E-state index in [1.54, 1.807) is 18.2 Å². The highest BCUT2D eigenvalue weighted by Crippen LogP contribution is 2.33. The summed E-state index contributed by atoms with van der Waals surface area (Å²) in [6.45, 7) is 1.88. The molecule has 31 heavy (non-hydrogen) atoms. The number of carbonyl (C=O) groups is 1. The molecule has 1 fully saturated rings. The summed E-state index contributed by atoms with van der Waals surface area (Å²) < 4.78 is 5.51. The van der Waals surface area contributed by atoms with Gasteiger partial charge < -0.3 is 14.6 Å². The van der Waals surface area contributed by atoms with Gasteiger partial charge in [-0.05, 0) is 37.1 Å². The van der Waals surface area contributed by atoms with Gasteiger partial charge in [-0.2, -0.15) is 0 Å². The van der Waals surface area contributed by atoms with Gasteiger partial charge >= 0.3 is 0 Å². The molecule has 0 saturated carbocycles. The first-order valence-electron chi connectivity index (χ1n) is 9.56. The van der Waals surface area contributed by atoms with Gasteiger partial charge in [0.1, 0.15) is 5.56 Å². The molecule has 1 aromatic heterocycles. The Labute approximate surface area is 186 Å². The van der Waals surface area contributed by atoms with E-state index in [0.29, 0.717) is 10.7 Å². The lowest BCUT2D eigenvalue weighted by atomic mass is 10.2. The number of anilines is 2. The van der Waals surface area contributed by atoms with Crippen molar-refractivity contribution in [1.82, 2.24) is 10.2 Å². The number of hydrogen-bond donors (Lipinski definition) is 1. The molecule has 0 unspecified atom stereocenters. The van der Waals surface area contributed by atoms with E-state index in [-0.39, 0.29) is 34.0 Å². The first-order valence-corrected chi connectivity index (χ1v) is 10.9. The SMILES string of the molecule is O=C(CSc1nnc(-c2ccccc2[N+](=O)[O-])o1)Nc1cc(Cl)ccc1N1CCCC1. The number of nitro groups is 1. The Kier molecular flexibility index (Phi) is 6.38. The molecule has 4 rings (SSSR count). The van der Waals surface area contributed by atoms with Gasteiger partial charge in [0.15, 0.2) is 0 Å². The summed E-state index contributed by atoms with van der Waals surface area (Å²) in [7, 11) is 0. The average Bonchev–Trinajstić information content (AvgIpc) is 3.45. The predicted octanol–water partition coefficient (Wildman–Crippen LogP) is 4.63. The normalized spacial score (nSPS) is 13.4. The second-order valence-electron chi connectivity index (χ2n) is 6.84. The van der Waals surface area contributed by atoms with Crippen LogP contribution in [0.15, 0.2) is 52.1 Å². The first-order chi connectivity index (χ1) is 15.0. The van der Waals surface area contributed by atoms with Crippen LogP contribution in [0.4, 0.5) is 17.1 Å². The number of thioether (sulfide) groups is 1. The topological polar surface area (TPSA) is 114 Å². The van der Waals surface area contributed by atoms with Gasteiger partial charge in [0.05, 0.1) is 22.1 Å². The fraction of sp³-hybridized carbons (Fsp3) is 0.250. The quantitative estimate of drug-likeness (QED) is 0.309. The largest absolute Gasteiger partial charge is 0.411 e. The zero-order valence-electron chi connectivity index (χ0n) is 16.3. The van der Waals surface area contributed by atoms with E-state index < -0.39 is 4.92 Å². The minimum atomic E-state index is -0.511. The van der Waals surface area contributed by atoms with Crippen molar-refractivity contribution in [2.75, 3.05) is 29.1 Å². The molecule has 0 radical (unpaired) electrons. The second-order valence-corrected chi connectivity index (χ2v) is 8.20. The number of rotatable bonds is 7. The molecule has 2 aromatic carbocycles. The predicted molar refractivity (Wildman–Crippen MR) is 119 cm³/mol. The number of hydrogen-bond acceptors (Lipinski definition) is 8. The first kappa shape index (κ1) is 21.1. The second kappa shape index (κ2) is 9.36. The molecule has 0 bridgehead atoms. The molecular formula is C20H18ClN5O4S. The Balaban J connectivity index is 1.42. The number of nitrogens with one attached hydrogen (secondary N) is 1. The van der Waals surface area contributed by atoms with E-state index in [0.717, 1.165) is 43.4 Å². The van der Waals surface area contributed by atoms with Crippen LogP contribution in [0, 0.1) is 10.1 Å². The highest BCUT2D eigenvalue weighted by Gasteiger charge is 2.21. The van der Waals surface area contributed by atoms with Crippen molar-refractivity contribution < 1.29 is 14.1 Å². The van der Waals surface area contributed by atoms with Gasteiger partial charge in [0, 0.05) is 24.2 Å². The molecule has 1 saturated heterocycles. The average molecular weight is 460 g/mol. The molecule has 160 valence electrons. The Morgan fingerprint density at radius 1 is 1.23 bits per heavy atom. The van der Waals surface area contributed by atoms with E-state index >= 15 is 0 Å². The van der Waals surface area contributed by atoms with E-state index in [2.05, 4.69) is 20.4 Å².